The van der Waals surface area contributed by atoms with Crippen molar-refractivity contribution in [3.05, 3.63) is 101 Å². The Morgan fingerprint density at radius 2 is 1.72 bits per heavy atom. The molecule has 0 aliphatic heterocycles. The van der Waals surface area contributed by atoms with E-state index in [0.29, 0.717) is 17.4 Å². The van der Waals surface area contributed by atoms with Crippen molar-refractivity contribution in [1.29, 1.82) is 0 Å². The first-order chi connectivity index (χ1) is 14.2. The zero-order chi connectivity index (χ0) is 20.5. The lowest BCUT2D eigenvalue weighted by atomic mass is 10.1. The summed E-state index contributed by atoms with van der Waals surface area (Å²) in [4.78, 5) is 12.4. The number of carbonyl (C=O) groups is 1. The summed E-state index contributed by atoms with van der Waals surface area (Å²) in [6.45, 7) is 0.397. The van der Waals surface area contributed by atoms with E-state index in [-0.39, 0.29) is 5.91 Å². The first kappa shape index (κ1) is 20.6. The lowest BCUT2D eigenvalue weighted by molar-refractivity contribution is -0.131. The van der Waals surface area contributed by atoms with Crippen molar-refractivity contribution in [1.82, 2.24) is 5.43 Å². The lowest BCUT2D eigenvalue weighted by Crippen LogP contribution is -2.26. The third-order valence-electron chi connectivity index (χ3n) is 4.18. The van der Waals surface area contributed by atoms with Gasteiger partial charge < -0.3 is 9.47 Å². The van der Waals surface area contributed by atoms with E-state index in [0.717, 1.165) is 16.7 Å². The van der Waals surface area contributed by atoms with Crippen LogP contribution in [0.4, 0.5) is 0 Å². The Morgan fingerprint density at radius 1 is 1.03 bits per heavy atom. The molecule has 0 radical (unpaired) electrons. The van der Waals surface area contributed by atoms with E-state index in [9.17, 15) is 4.79 Å². The van der Waals surface area contributed by atoms with E-state index in [2.05, 4.69) is 10.5 Å². The van der Waals surface area contributed by atoms with Gasteiger partial charge >= 0.3 is 0 Å². The molecule has 6 heteroatoms. The molecule has 1 amide bonds. The molecule has 1 atom stereocenters. The molecule has 0 aliphatic rings. The number of nitrogens with zero attached hydrogens (tertiary/aromatic N) is 1. The molecular formula is C23H21ClN2O3. The van der Waals surface area contributed by atoms with Crippen LogP contribution in [-0.2, 0) is 16.1 Å². The number of hydrogen-bond acceptors (Lipinski definition) is 4. The molecule has 3 aromatic carbocycles. The summed E-state index contributed by atoms with van der Waals surface area (Å²) in [5.41, 5.74) is 5.03. The molecule has 0 saturated carbocycles. The number of para-hydroxylation sites is 1. The average Bonchev–Trinajstić information content (AvgIpc) is 2.75. The number of amides is 1. The molecule has 3 aromatic rings. The van der Waals surface area contributed by atoms with Gasteiger partial charge in [0, 0.05) is 17.7 Å². The number of nitrogens with one attached hydrogen (secondary N) is 1. The van der Waals surface area contributed by atoms with Crippen LogP contribution in [0.3, 0.4) is 0 Å². The van der Waals surface area contributed by atoms with Crippen molar-refractivity contribution in [2.24, 2.45) is 5.10 Å². The molecule has 1 unspecified atom stereocenters. The van der Waals surface area contributed by atoms with E-state index in [1.807, 2.05) is 78.9 Å². The Kier molecular flexibility index (Phi) is 7.39. The molecule has 0 bridgehead atoms. The highest BCUT2D eigenvalue weighted by molar-refractivity contribution is 6.30. The molecule has 0 aromatic heterocycles. The zero-order valence-electron chi connectivity index (χ0n) is 15.9. The number of benzene rings is 3. The van der Waals surface area contributed by atoms with Crippen LogP contribution in [0.25, 0.3) is 0 Å². The Morgan fingerprint density at radius 3 is 2.45 bits per heavy atom. The number of methoxy groups -OCH3 is 1. The third kappa shape index (κ3) is 5.91. The van der Waals surface area contributed by atoms with Crippen LogP contribution in [0.1, 0.15) is 22.8 Å². The van der Waals surface area contributed by atoms with Gasteiger partial charge in [0.15, 0.2) is 6.10 Å². The SMILES string of the molecule is COC(C(=O)NN=Cc1ccccc1OCc1ccc(Cl)cc1)c1ccccc1. The summed E-state index contributed by atoms with van der Waals surface area (Å²) in [6, 6.07) is 24.2. The Labute approximate surface area is 174 Å². The van der Waals surface area contributed by atoms with Crippen LogP contribution in [0.5, 0.6) is 5.75 Å². The number of hydrazone groups is 1. The first-order valence-corrected chi connectivity index (χ1v) is 9.42. The van der Waals surface area contributed by atoms with E-state index in [1.165, 1.54) is 7.11 Å². The van der Waals surface area contributed by atoms with Gasteiger partial charge in [-0.2, -0.15) is 5.10 Å². The third-order valence-corrected chi connectivity index (χ3v) is 4.43. The maximum atomic E-state index is 12.4. The van der Waals surface area contributed by atoms with Crippen LogP contribution in [0.15, 0.2) is 84.0 Å². The van der Waals surface area contributed by atoms with Crippen molar-refractivity contribution < 1.29 is 14.3 Å². The molecule has 0 fully saturated rings. The van der Waals surface area contributed by atoms with Gasteiger partial charge in [0.05, 0.1) is 6.21 Å². The number of halogens is 1. The molecule has 0 saturated heterocycles. The lowest BCUT2D eigenvalue weighted by Gasteiger charge is -2.13. The van der Waals surface area contributed by atoms with E-state index in [4.69, 9.17) is 21.1 Å². The van der Waals surface area contributed by atoms with Crippen molar-refractivity contribution in [3.8, 4) is 5.75 Å². The Hall–Kier alpha value is -3.15. The van der Waals surface area contributed by atoms with Crippen molar-refractivity contribution in [2.45, 2.75) is 12.7 Å². The molecule has 0 aliphatic carbocycles. The molecule has 0 heterocycles. The zero-order valence-corrected chi connectivity index (χ0v) is 16.7. The second-order valence-corrected chi connectivity index (χ2v) is 6.65. The van der Waals surface area contributed by atoms with Crippen LogP contribution in [0.2, 0.25) is 5.02 Å². The van der Waals surface area contributed by atoms with E-state index >= 15 is 0 Å². The van der Waals surface area contributed by atoms with Crippen molar-refractivity contribution in [3.63, 3.8) is 0 Å². The fourth-order valence-corrected chi connectivity index (χ4v) is 2.83. The minimum Gasteiger partial charge on any atom is -0.488 e. The van der Waals surface area contributed by atoms with Crippen LogP contribution in [-0.4, -0.2) is 19.2 Å². The molecule has 0 spiro atoms. The highest BCUT2D eigenvalue weighted by Crippen LogP contribution is 2.19. The topological polar surface area (TPSA) is 59.9 Å². The second kappa shape index (κ2) is 10.4. The molecule has 5 nitrogen and oxygen atoms in total. The summed E-state index contributed by atoms with van der Waals surface area (Å²) >= 11 is 5.91. The fraction of sp³-hybridized carbons (Fsp3) is 0.130. The minimum absolute atomic E-state index is 0.352. The van der Waals surface area contributed by atoms with Gasteiger partial charge in [0.2, 0.25) is 0 Å². The summed E-state index contributed by atoms with van der Waals surface area (Å²) in [6.07, 6.45) is 0.817. The van der Waals surface area contributed by atoms with Crippen LogP contribution < -0.4 is 10.2 Å². The maximum absolute atomic E-state index is 12.4. The summed E-state index contributed by atoms with van der Waals surface area (Å²) in [7, 11) is 1.49. The van der Waals surface area contributed by atoms with E-state index < -0.39 is 6.10 Å². The van der Waals surface area contributed by atoms with Gasteiger partial charge in [-0.25, -0.2) is 5.43 Å². The molecule has 3 rings (SSSR count). The van der Waals surface area contributed by atoms with Gasteiger partial charge in [0.1, 0.15) is 12.4 Å². The number of rotatable bonds is 8. The van der Waals surface area contributed by atoms with Crippen LogP contribution in [0, 0.1) is 0 Å². The maximum Gasteiger partial charge on any atom is 0.273 e. The normalized spacial score (nSPS) is 11.9. The molecular weight excluding hydrogens is 388 g/mol. The standard InChI is InChI=1S/C23H21ClN2O3/c1-28-22(18-7-3-2-4-8-18)23(27)26-25-15-19-9-5-6-10-21(19)29-16-17-11-13-20(24)14-12-17/h2-15,22H,16H2,1H3,(H,26,27). The predicted molar refractivity (Wildman–Crippen MR) is 114 cm³/mol. The number of carbonyl (C=O) groups excluding carboxylic acids is 1. The smallest absolute Gasteiger partial charge is 0.273 e. The summed E-state index contributed by atoms with van der Waals surface area (Å²) < 4.78 is 11.2. The monoisotopic (exact) mass is 408 g/mol. The van der Waals surface area contributed by atoms with Gasteiger partial charge in [0.25, 0.3) is 5.91 Å². The van der Waals surface area contributed by atoms with Crippen molar-refractivity contribution in [2.75, 3.05) is 7.11 Å². The fourth-order valence-electron chi connectivity index (χ4n) is 2.71. The highest BCUT2D eigenvalue weighted by Gasteiger charge is 2.19. The quantitative estimate of drug-likeness (QED) is 0.432. The first-order valence-electron chi connectivity index (χ1n) is 9.04. The summed E-state index contributed by atoms with van der Waals surface area (Å²) in [5.74, 6) is 0.307. The van der Waals surface area contributed by atoms with Gasteiger partial charge in [-0.3, -0.25) is 4.79 Å². The van der Waals surface area contributed by atoms with Gasteiger partial charge in [-0.15, -0.1) is 0 Å². The Bertz CT molecular complexity index is 959. The summed E-state index contributed by atoms with van der Waals surface area (Å²) in [5, 5.41) is 4.74. The molecule has 148 valence electrons. The highest BCUT2D eigenvalue weighted by atomic mass is 35.5. The number of ether oxygens (including phenoxy) is 2. The minimum atomic E-state index is -0.732. The van der Waals surface area contributed by atoms with Crippen molar-refractivity contribution >= 4 is 23.7 Å². The second-order valence-electron chi connectivity index (χ2n) is 6.21. The van der Waals surface area contributed by atoms with Gasteiger partial charge in [-0.1, -0.05) is 66.2 Å². The van der Waals surface area contributed by atoms with Gasteiger partial charge in [-0.05, 0) is 35.4 Å². The van der Waals surface area contributed by atoms with Crippen LogP contribution >= 0.6 is 11.6 Å². The largest absolute Gasteiger partial charge is 0.488 e. The Balaban J connectivity index is 1.63. The molecule has 1 N–H and O–H groups in total. The predicted octanol–water partition coefficient (Wildman–Crippen LogP) is 4.76. The average molecular weight is 409 g/mol. The van der Waals surface area contributed by atoms with E-state index in [1.54, 1.807) is 6.21 Å². The molecule has 29 heavy (non-hydrogen) atoms. The number of hydrogen-bond donors (Lipinski definition) is 1.